The highest BCUT2D eigenvalue weighted by atomic mass is 32.2. The zero-order chi connectivity index (χ0) is 18.2. The second kappa shape index (κ2) is 6.59. The maximum atomic E-state index is 12.7. The van der Waals surface area contributed by atoms with Gasteiger partial charge in [-0.1, -0.05) is 6.07 Å². The minimum Gasteiger partial charge on any atom is -0.444 e. The number of nitrogens with zero attached hydrogens (tertiary/aromatic N) is 1. The summed E-state index contributed by atoms with van der Waals surface area (Å²) in [6.45, 7) is 6.56. The largest absolute Gasteiger partial charge is 0.444 e. The molecule has 1 aliphatic heterocycles. The molecule has 3 rings (SSSR count). The van der Waals surface area contributed by atoms with Crippen LogP contribution in [-0.2, 0) is 14.8 Å². The third-order valence-corrected chi connectivity index (χ3v) is 6.73. The number of hydrogen-bond acceptors (Lipinski definition) is 5. The number of carbonyl (C=O) groups excluding carboxylic acids is 1. The van der Waals surface area contributed by atoms with Gasteiger partial charge in [-0.05, 0) is 57.2 Å². The summed E-state index contributed by atoms with van der Waals surface area (Å²) in [7, 11) is -3.44. The summed E-state index contributed by atoms with van der Waals surface area (Å²) < 4.78 is 32.9. The minimum atomic E-state index is -3.44. The molecule has 0 unspecified atom stereocenters. The normalized spacial score (nSPS) is 16.3. The van der Waals surface area contributed by atoms with Gasteiger partial charge in [0.2, 0.25) is 10.0 Å². The third-order valence-electron chi connectivity index (χ3n) is 3.82. The van der Waals surface area contributed by atoms with Gasteiger partial charge in [-0.3, -0.25) is 5.32 Å². The van der Waals surface area contributed by atoms with Crippen LogP contribution in [0.2, 0.25) is 0 Å². The number of sulfonamides is 1. The van der Waals surface area contributed by atoms with E-state index in [4.69, 9.17) is 4.74 Å². The third kappa shape index (κ3) is 4.13. The molecule has 0 radical (unpaired) electrons. The molecule has 1 amide bonds. The van der Waals surface area contributed by atoms with E-state index in [-0.39, 0.29) is 0 Å². The van der Waals surface area contributed by atoms with Crippen molar-refractivity contribution < 1.29 is 17.9 Å². The molecule has 2 aromatic rings. The lowest BCUT2D eigenvalue weighted by atomic mass is 10.2. The van der Waals surface area contributed by atoms with E-state index in [1.54, 1.807) is 39.0 Å². The van der Waals surface area contributed by atoms with Crippen molar-refractivity contribution in [1.29, 1.82) is 0 Å². The first-order valence-electron chi connectivity index (χ1n) is 8.19. The summed E-state index contributed by atoms with van der Waals surface area (Å²) in [6.07, 6.45) is 1.29. The fourth-order valence-electron chi connectivity index (χ4n) is 2.72. The molecule has 136 valence electrons. The maximum Gasteiger partial charge on any atom is 0.412 e. The Bertz CT molecular complexity index is 891. The Morgan fingerprint density at radius 3 is 2.52 bits per heavy atom. The molecular formula is C17H22N2O4S2. The van der Waals surface area contributed by atoms with Crippen LogP contribution in [0.3, 0.4) is 0 Å². The Kier molecular flexibility index (Phi) is 4.78. The molecule has 0 aliphatic carbocycles. The lowest BCUT2D eigenvalue weighted by Crippen LogP contribution is -2.27. The Morgan fingerprint density at radius 1 is 1.20 bits per heavy atom. The quantitative estimate of drug-likeness (QED) is 0.869. The number of anilines is 1. The first-order valence-corrected chi connectivity index (χ1v) is 10.4. The Labute approximate surface area is 151 Å². The minimum absolute atomic E-state index is 0.299. The van der Waals surface area contributed by atoms with Crippen molar-refractivity contribution in [2.24, 2.45) is 0 Å². The van der Waals surface area contributed by atoms with Crippen LogP contribution in [0.15, 0.2) is 29.2 Å². The molecule has 1 aromatic carbocycles. The molecule has 1 aliphatic rings. The second-order valence-corrected chi connectivity index (χ2v) is 10.1. The van der Waals surface area contributed by atoms with E-state index in [1.165, 1.54) is 15.6 Å². The van der Waals surface area contributed by atoms with Crippen LogP contribution in [0, 0.1) is 0 Å². The molecule has 0 saturated carbocycles. The van der Waals surface area contributed by atoms with Crippen molar-refractivity contribution in [3.63, 3.8) is 0 Å². The SMILES string of the molecule is CC(C)(C)OC(=O)Nc1cc2ccc(S(=O)(=O)N3CCCC3)cc2s1. The smallest absolute Gasteiger partial charge is 0.412 e. The highest BCUT2D eigenvalue weighted by Gasteiger charge is 2.27. The van der Waals surface area contributed by atoms with Gasteiger partial charge in [-0.15, -0.1) is 11.3 Å². The van der Waals surface area contributed by atoms with E-state index >= 15 is 0 Å². The maximum absolute atomic E-state index is 12.7. The van der Waals surface area contributed by atoms with Gasteiger partial charge in [0.15, 0.2) is 0 Å². The molecule has 1 N–H and O–H groups in total. The molecule has 0 spiro atoms. The molecule has 6 nitrogen and oxygen atoms in total. The van der Waals surface area contributed by atoms with E-state index in [0.717, 1.165) is 22.9 Å². The summed E-state index contributed by atoms with van der Waals surface area (Å²) >= 11 is 1.33. The molecular weight excluding hydrogens is 360 g/mol. The van der Waals surface area contributed by atoms with Crippen LogP contribution < -0.4 is 5.32 Å². The number of nitrogens with one attached hydrogen (secondary N) is 1. The zero-order valence-corrected chi connectivity index (χ0v) is 16.2. The molecule has 1 fully saturated rings. The van der Waals surface area contributed by atoms with Crippen LogP contribution in [0.5, 0.6) is 0 Å². The first kappa shape index (κ1) is 18.2. The van der Waals surface area contributed by atoms with Crippen molar-refractivity contribution in [2.45, 2.75) is 44.1 Å². The number of fused-ring (bicyclic) bond motifs is 1. The number of rotatable bonds is 3. The van der Waals surface area contributed by atoms with E-state index in [9.17, 15) is 13.2 Å². The average molecular weight is 383 g/mol. The van der Waals surface area contributed by atoms with Crippen LogP contribution in [0.25, 0.3) is 10.1 Å². The van der Waals surface area contributed by atoms with Crippen LogP contribution in [0.1, 0.15) is 33.6 Å². The topological polar surface area (TPSA) is 75.7 Å². The molecule has 8 heteroatoms. The monoisotopic (exact) mass is 382 g/mol. The number of hydrogen-bond donors (Lipinski definition) is 1. The molecule has 0 atom stereocenters. The summed E-state index contributed by atoms with van der Waals surface area (Å²) in [5, 5.41) is 4.21. The van der Waals surface area contributed by atoms with Crippen molar-refractivity contribution >= 4 is 42.5 Å². The van der Waals surface area contributed by atoms with Crippen molar-refractivity contribution in [1.82, 2.24) is 4.31 Å². The lowest BCUT2D eigenvalue weighted by Gasteiger charge is -2.19. The summed E-state index contributed by atoms with van der Waals surface area (Å²) in [5.74, 6) is 0. The van der Waals surface area contributed by atoms with Gasteiger partial charge < -0.3 is 4.74 Å². The lowest BCUT2D eigenvalue weighted by molar-refractivity contribution is 0.0636. The number of ether oxygens (including phenoxy) is 1. The van der Waals surface area contributed by atoms with Gasteiger partial charge >= 0.3 is 6.09 Å². The van der Waals surface area contributed by atoms with Crippen molar-refractivity contribution in [3.05, 3.63) is 24.3 Å². The van der Waals surface area contributed by atoms with Gasteiger partial charge in [-0.2, -0.15) is 4.31 Å². The van der Waals surface area contributed by atoms with Gasteiger partial charge in [0, 0.05) is 17.8 Å². The van der Waals surface area contributed by atoms with Crippen LogP contribution >= 0.6 is 11.3 Å². The van der Waals surface area contributed by atoms with E-state index < -0.39 is 21.7 Å². The van der Waals surface area contributed by atoms with Gasteiger partial charge in [-0.25, -0.2) is 13.2 Å². The van der Waals surface area contributed by atoms with E-state index in [1.807, 2.05) is 6.07 Å². The average Bonchev–Trinajstić information content (AvgIpc) is 3.13. The van der Waals surface area contributed by atoms with Crippen molar-refractivity contribution in [2.75, 3.05) is 18.4 Å². The van der Waals surface area contributed by atoms with Gasteiger partial charge in [0.25, 0.3) is 0 Å². The fourth-order valence-corrected chi connectivity index (χ4v) is 5.32. The fraction of sp³-hybridized carbons (Fsp3) is 0.471. The highest BCUT2D eigenvalue weighted by molar-refractivity contribution is 7.89. The summed E-state index contributed by atoms with van der Waals surface area (Å²) in [5.41, 5.74) is -0.572. The van der Waals surface area contributed by atoms with E-state index in [0.29, 0.717) is 23.0 Å². The number of carbonyl (C=O) groups is 1. The molecule has 2 heterocycles. The van der Waals surface area contributed by atoms with Crippen LogP contribution in [-0.4, -0.2) is 37.5 Å². The highest BCUT2D eigenvalue weighted by Crippen LogP contribution is 2.33. The van der Waals surface area contributed by atoms with E-state index in [2.05, 4.69) is 5.32 Å². The Hall–Kier alpha value is -1.64. The number of benzene rings is 1. The van der Waals surface area contributed by atoms with Gasteiger partial charge in [0.05, 0.1) is 9.90 Å². The second-order valence-electron chi connectivity index (χ2n) is 7.05. The predicted molar refractivity (Wildman–Crippen MR) is 99.7 cm³/mol. The summed E-state index contributed by atoms with van der Waals surface area (Å²) in [6, 6.07) is 6.89. The van der Waals surface area contributed by atoms with Gasteiger partial charge in [0.1, 0.15) is 5.60 Å². The molecule has 0 bridgehead atoms. The predicted octanol–water partition coefficient (Wildman–Crippen LogP) is 4.03. The number of thiophene rings is 1. The van der Waals surface area contributed by atoms with Crippen molar-refractivity contribution in [3.8, 4) is 0 Å². The summed E-state index contributed by atoms with van der Waals surface area (Å²) in [4.78, 5) is 12.2. The standard InChI is InChI=1S/C17H22N2O4S2/c1-17(2,3)23-16(20)18-15-10-12-6-7-13(11-14(12)24-15)25(21,22)19-8-4-5-9-19/h6-7,10-11H,4-5,8-9H2,1-3H3,(H,18,20). The van der Waals surface area contributed by atoms with Crippen LogP contribution in [0.4, 0.5) is 9.80 Å². The first-order chi connectivity index (χ1) is 11.6. The molecule has 1 saturated heterocycles. The molecule has 1 aromatic heterocycles. The Morgan fingerprint density at radius 2 is 1.88 bits per heavy atom. The Balaban J connectivity index is 1.83. The zero-order valence-electron chi connectivity index (χ0n) is 14.5. The molecule has 25 heavy (non-hydrogen) atoms. The number of amides is 1.